The summed E-state index contributed by atoms with van der Waals surface area (Å²) in [6.07, 6.45) is -2.31. The minimum absolute atomic E-state index is 0.0150. The summed E-state index contributed by atoms with van der Waals surface area (Å²) in [6.45, 7) is 6.80. The lowest BCUT2D eigenvalue weighted by Crippen LogP contribution is -2.55. The Balaban J connectivity index is 1.99. The number of esters is 1. The van der Waals surface area contributed by atoms with Crippen molar-refractivity contribution in [2.75, 3.05) is 20.3 Å². The summed E-state index contributed by atoms with van der Waals surface area (Å²) in [5, 5.41) is 5.09. The number of methoxy groups -OCH3 is 1. The lowest BCUT2D eigenvalue weighted by Gasteiger charge is -2.39. The summed E-state index contributed by atoms with van der Waals surface area (Å²) < 4.78 is 16.7. The molecule has 42 heavy (non-hydrogen) atoms. The Labute approximate surface area is 251 Å². The van der Waals surface area contributed by atoms with E-state index in [2.05, 4.69) is 5.09 Å². The van der Waals surface area contributed by atoms with Crippen LogP contribution in [0.25, 0.3) is 0 Å². The van der Waals surface area contributed by atoms with Gasteiger partial charge in [0.15, 0.2) is 5.54 Å². The molecule has 4 rings (SSSR count). The molecule has 8 nitrogen and oxygen atoms in total. The SMILES string of the molecule is CCOC(=O)C(NP(=S)(c1ccccc1)c1ccccc1)(C1=CCN(C(=O)OC(C)(C)C)C1=O)c1cccc(OC)c1. The summed E-state index contributed by atoms with van der Waals surface area (Å²) in [5.41, 5.74) is -2.33. The maximum atomic E-state index is 14.4. The molecule has 0 saturated carbocycles. The Bertz CT molecular complexity index is 1490. The van der Waals surface area contributed by atoms with Gasteiger partial charge in [0, 0.05) is 10.6 Å². The number of hydrogen-bond donors (Lipinski definition) is 1. The van der Waals surface area contributed by atoms with Gasteiger partial charge in [-0.15, -0.1) is 0 Å². The summed E-state index contributed by atoms with van der Waals surface area (Å²) in [7, 11) is 1.52. The van der Waals surface area contributed by atoms with Crippen molar-refractivity contribution < 1.29 is 28.6 Å². The van der Waals surface area contributed by atoms with E-state index in [9.17, 15) is 14.4 Å². The van der Waals surface area contributed by atoms with E-state index in [0.717, 1.165) is 15.5 Å². The van der Waals surface area contributed by atoms with Crippen LogP contribution in [0.1, 0.15) is 33.3 Å². The third-order valence-corrected chi connectivity index (χ3v) is 10.9. The summed E-state index contributed by atoms with van der Waals surface area (Å²) >= 11 is 6.49. The van der Waals surface area contributed by atoms with Gasteiger partial charge in [-0.05, 0) is 45.4 Å². The standard InChI is InChI=1S/C32H35N2O6PS/c1-6-39-29(36)32(23-14-13-15-24(22-23)38-5,27-20-21-34(28(27)35)30(37)40-31(2,3)4)33-41(42,25-16-9-7-10-17-25)26-18-11-8-12-19-26/h7-20,22H,6,21H2,1-5H3,(H,33,42). The molecular weight excluding hydrogens is 571 g/mol. The predicted molar refractivity (Wildman–Crippen MR) is 167 cm³/mol. The van der Waals surface area contributed by atoms with Crippen LogP contribution in [-0.2, 0) is 36.4 Å². The maximum Gasteiger partial charge on any atom is 0.417 e. The van der Waals surface area contributed by atoms with E-state index in [0.29, 0.717) is 11.3 Å². The molecule has 1 N–H and O–H groups in total. The Morgan fingerprint density at radius 2 is 1.55 bits per heavy atom. The van der Waals surface area contributed by atoms with E-state index in [1.54, 1.807) is 58.0 Å². The molecule has 1 aliphatic rings. The monoisotopic (exact) mass is 606 g/mol. The number of carbonyl (C=O) groups excluding carboxylic acids is 3. The van der Waals surface area contributed by atoms with Crippen LogP contribution in [0.15, 0.2) is 96.6 Å². The van der Waals surface area contributed by atoms with E-state index in [1.807, 2.05) is 60.7 Å². The quantitative estimate of drug-likeness (QED) is 0.275. The third-order valence-electron chi connectivity index (χ3n) is 6.62. The van der Waals surface area contributed by atoms with E-state index in [-0.39, 0.29) is 18.7 Å². The first kappa shape index (κ1) is 31.2. The van der Waals surface area contributed by atoms with Crippen LogP contribution < -0.4 is 20.4 Å². The van der Waals surface area contributed by atoms with E-state index in [1.165, 1.54) is 7.11 Å². The molecule has 0 fully saturated rings. The highest BCUT2D eigenvalue weighted by Crippen LogP contribution is 2.48. The number of hydrogen-bond acceptors (Lipinski definition) is 7. The van der Waals surface area contributed by atoms with Crippen LogP contribution in [0.5, 0.6) is 5.75 Å². The largest absolute Gasteiger partial charge is 0.497 e. The lowest BCUT2D eigenvalue weighted by atomic mass is 9.83. The van der Waals surface area contributed by atoms with Crippen molar-refractivity contribution >= 4 is 46.6 Å². The van der Waals surface area contributed by atoms with Crippen molar-refractivity contribution in [1.29, 1.82) is 0 Å². The van der Waals surface area contributed by atoms with Crippen LogP contribution in [0.3, 0.4) is 0 Å². The van der Waals surface area contributed by atoms with E-state index < -0.39 is 35.3 Å². The van der Waals surface area contributed by atoms with Crippen LogP contribution in [0.2, 0.25) is 0 Å². The molecule has 3 aromatic rings. The molecule has 1 atom stereocenters. The second-order valence-corrected chi connectivity index (χ2v) is 14.7. The average molecular weight is 607 g/mol. The van der Waals surface area contributed by atoms with Gasteiger partial charge in [-0.2, -0.15) is 0 Å². The number of nitrogens with one attached hydrogen (secondary N) is 1. The molecular formula is C32H35N2O6PS. The summed E-state index contributed by atoms with van der Waals surface area (Å²) in [5.74, 6) is -0.953. The number of benzene rings is 3. The normalized spacial score (nSPS) is 15.0. The average Bonchev–Trinajstić information content (AvgIpc) is 3.37. The topological polar surface area (TPSA) is 94.2 Å². The lowest BCUT2D eigenvalue weighted by molar-refractivity contribution is -0.150. The number of imide groups is 1. The van der Waals surface area contributed by atoms with Crippen LogP contribution in [-0.4, -0.2) is 48.7 Å². The third kappa shape index (κ3) is 6.19. The van der Waals surface area contributed by atoms with Gasteiger partial charge < -0.3 is 14.2 Å². The maximum absolute atomic E-state index is 14.4. The fourth-order valence-corrected chi connectivity index (χ4v) is 8.42. The molecule has 0 bridgehead atoms. The minimum atomic E-state index is -3.05. The molecule has 1 aliphatic heterocycles. The zero-order valence-corrected chi connectivity index (χ0v) is 26.0. The van der Waals surface area contributed by atoms with Crippen LogP contribution in [0, 0.1) is 0 Å². The van der Waals surface area contributed by atoms with E-state index >= 15 is 0 Å². The number of nitrogens with zero attached hydrogens (tertiary/aromatic N) is 1. The number of ether oxygens (including phenoxy) is 3. The zero-order valence-electron chi connectivity index (χ0n) is 24.3. The molecule has 0 radical (unpaired) electrons. The molecule has 10 heteroatoms. The van der Waals surface area contributed by atoms with Gasteiger partial charge in [0.1, 0.15) is 11.4 Å². The number of amides is 2. The van der Waals surface area contributed by atoms with E-state index in [4.69, 9.17) is 26.0 Å². The highest BCUT2D eigenvalue weighted by molar-refractivity contribution is 8.21. The molecule has 220 valence electrons. The molecule has 0 spiro atoms. The van der Waals surface area contributed by atoms with Crippen LogP contribution >= 0.6 is 6.19 Å². The fourth-order valence-electron chi connectivity index (χ4n) is 4.73. The minimum Gasteiger partial charge on any atom is -0.497 e. The van der Waals surface area contributed by atoms with Gasteiger partial charge in [-0.25, -0.2) is 14.5 Å². The van der Waals surface area contributed by atoms with Gasteiger partial charge in [0.25, 0.3) is 5.91 Å². The van der Waals surface area contributed by atoms with Gasteiger partial charge in [-0.3, -0.25) is 9.88 Å². The molecule has 0 aromatic heterocycles. The van der Waals surface area contributed by atoms with Crippen molar-refractivity contribution in [3.8, 4) is 5.75 Å². The van der Waals surface area contributed by atoms with Gasteiger partial charge >= 0.3 is 12.1 Å². The van der Waals surface area contributed by atoms with Crippen molar-refractivity contribution in [2.45, 2.75) is 38.8 Å². The predicted octanol–water partition coefficient (Wildman–Crippen LogP) is 4.79. The fraction of sp³-hybridized carbons (Fsp3) is 0.281. The molecule has 2 amide bonds. The van der Waals surface area contributed by atoms with Gasteiger partial charge in [0.2, 0.25) is 0 Å². The van der Waals surface area contributed by atoms with Crippen molar-refractivity contribution in [3.05, 3.63) is 102 Å². The first-order valence-corrected chi connectivity index (χ1v) is 16.3. The molecule has 1 unspecified atom stereocenters. The Hall–Kier alpha value is -3.78. The Morgan fingerprint density at radius 3 is 2.07 bits per heavy atom. The van der Waals surface area contributed by atoms with Crippen molar-refractivity contribution in [1.82, 2.24) is 9.99 Å². The second kappa shape index (κ2) is 12.6. The molecule has 3 aromatic carbocycles. The Morgan fingerprint density at radius 1 is 0.952 bits per heavy atom. The zero-order chi connectivity index (χ0) is 30.5. The second-order valence-electron chi connectivity index (χ2n) is 10.6. The summed E-state index contributed by atoms with van der Waals surface area (Å²) in [4.78, 5) is 42.6. The number of rotatable bonds is 9. The molecule has 1 heterocycles. The van der Waals surface area contributed by atoms with Crippen molar-refractivity contribution in [2.24, 2.45) is 0 Å². The van der Waals surface area contributed by atoms with Gasteiger partial charge in [0.05, 0.1) is 32.0 Å². The molecule has 0 saturated heterocycles. The van der Waals surface area contributed by atoms with Crippen molar-refractivity contribution in [3.63, 3.8) is 0 Å². The highest BCUT2D eigenvalue weighted by atomic mass is 32.4. The molecule has 0 aliphatic carbocycles. The van der Waals surface area contributed by atoms with Crippen LogP contribution in [0.4, 0.5) is 4.79 Å². The highest BCUT2D eigenvalue weighted by Gasteiger charge is 2.54. The Kier molecular flexibility index (Phi) is 9.36. The first-order chi connectivity index (χ1) is 20.0. The summed E-state index contributed by atoms with van der Waals surface area (Å²) in [6, 6.07) is 25.7. The smallest absolute Gasteiger partial charge is 0.417 e. The van der Waals surface area contributed by atoms with Gasteiger partial charge in [-0.1, -0.05) is 90.7 Å². The number of carbonyl (C=O) groups is 3. The first-order valence-electron chi connectivity index (χ1n) is 13.5.